The number of hydrogen-bond donors (Lipinski definition) is 1. The first-order valence-corrected chi connectivity index (χ1v) is 6.72. The Kier molecular flexibility index (Phi) is 7.01. The smallest absolute Gasteiger partial charge is 0.0107 e. The second kappa shape index (κ2) is 8.04. The van der Waals surface area contributed by atoms with Gasteiger partial charge in [-0.2, -0.15) is 0 Å². The van der Waals surface area contributed by atoms with Crippen molar-refractivity contribution in [2.75, 3.05) is 53.9 Å². The Morgan fingerprint density at radius 1 is 1.00 bits per heavy atom. The number of rotatable bonds is 8. The van der Waals surface area contributed by atoms with Crippen molar-refractivity contribution in [2.24, 2.45) is 5.92 Å². The van der Waals surface area contributed by atoms with E-state index in [-0.39, 0.29) is 0 Å². The molecule has 0 radical (unpaired) electrons. The highest BCUT2D eigenvalue weighted by Gasteiger charge is 2.13. The van der Waals surface area contributed by atoms with Gasteiger partial charge < -0.3 is 15.1 Å². The van der Waals surface area contributed by atoms with Crippen LogP contribution in [0.1, 0.15) is 25.7 Å². The minimum absolute atomic E-state index is 0.965. The molecular weight excluding hydrogens is 198 g/mol. The fraction of sp³-hybridized carbons (Fsp3) is 1.00. The molecule has 1 fully saturated rings. The molecule has 1 aliphatic rings. The van der Waals surface area contributed by atoms with E-state index in [4.69, 9.17) is 0 Å². The predicted octanol–water partition coefficient (Wildman–Crippen LogP) is 1.26. The third kappa shape index (κ3) is 6.46. The van der Waals surface area contributed by atoms with Crippen molar-refractivity contribution in [1.29, 1.82) is 0 Å². The van der Waals surface area contributed by atoms with Crippen LogP contribution in [0.15, 0.2) is 0 Å². The lowest BCUT2D eigenvalue weighted by Gasteiger charge is -2.20. The summed E-state index contributed by atoms with van der Waals surface area (Å²) in [6.45, 7) is 5.86. The second-order valence-electron chi connectivity index (χ2n) is 5.46. The highest BCUT2D eigenvalue weighted by molar-refractivity contribution is 4.69. The Bertz CT molecular complexity index is 165. The first kappa shape index (κ1) is 13.9. The van der Waals surface area contributed by atoms with E-state index in [0.29, 0.717) is 0 Å². The highest BCUT2D eigenvalue weighted by Crippen LogP contribution is 2.23. The average Bonchev–Trinajstić information content (AvgIpc) is 2.74. The Hall–Kier alpha value is -0.120. The number of likely N-dealkylation sites (N-methyl/N-ethyl adjacent to an activating group) is 2. The molecule has 0 bridgehead atoms. The molecule has 0 aromatic rings. The van der Waals surface area contributed by atoms with Gasteiger partial charge in [0, 0.05) is 26.2 Å². The summed E-state index contributed by atoms with van der Waals surface area (Å²) in [4.78, 5) is 4.64. The van der Waals surface area contributed by atoms with Crippen molar-refractivity contribution in [2.45, 2.75) is 25.7 Å². The van der Waals surface area contributed by atoms with E-state index < -0.39 is 0 Å². The van der Waals surface area contributed by atoms with Gasteiger partial charge in [-0.05, 0) is 46.4 Å². The van der Waals surface area contributed by atoms with E-state index in [1.807, 2.05) is 0 Å². The molecule has 0 amide bonds. The zero-order chi connectivity index (χ0) is 11.8. The van der Waals surface area contributed by atoms with Crippen LogP contribution in [0.5, 0.6) is 0 Å². The summed E-state index contributed by atoms with van der Waals surface area (Å²) in [7, 11) is 6.47. The quantitative estimate of drug-likeness (QED) is 0.630. The predicted molar refractivity (Wildman–Crippen MR) is 70.9 cm³/mol. The molecule has 3 heteroatoms. The third-order valence-corrected chi connectivity index (χ3v) is 3.51. The standard InChI is InChI=1S/C13H29N3/c1-15(2)10-11-16(3)9-8-14-12-13-6-4-5-7-13/h13-14H,4-12H2,1-3H3. The van der Waals surface area contributed by atoms with Crippen LogP contribution in [0.25, 0.3) is 0 Å². The minimum atomic E-state index is 0.965. The summed E-state index contributed by atoms with van der Waals surface area (Å²) in [6, 6.07) is 0. The molecule has 1 N–H and O–H groups in total. The number of nitrogens with zero attached hydrogens (tertiary/aromatic N) is 2. The van der Waals surface area contributed by atoms with Crippen LogP contribution >= 0.6 is 0 Å². The van der Waals surface area contributed by atoms with Gasteiger partial charge in [-0.1, -0.05) is 12.8 Å². The van der Waals surface area contributed by atoms with Gasteiger partial charge >= 0.3 is 0 Å². The van der Waals surface area contributed by atoms with Crippen LogP contribution < -0.4 is 5.32 Å². The van der Waals surface area contributed by atoms with Crippen LogP contribution in [-0.4, -0.2) is 63.7 Å². The summed E-state index contributed by atoms with van der Waals surface area (Å²) in [6.07, 6.45) is 5.80. The van der Waals surface area contributed by atoms with Crippen LogP contribution in [0, 0.1) is 5.92 Å². The fourth-order valence-electron chi connectivity index (χ4n) is 2.27. The van der Waals surface area contributed by atoms with Crippen molar-refractivity contribution < 1.29 is 0 Å². The maximum absolute atomic E-state index is 3.59. The average molecular weight is 227 g/mol. The van der Waals surface area contributed by atoms with E-state index in [1.54, 1.807) is 0 Å². The fourth-order valence-corrected chi connectivity index (χ4v) is 2.27. The molecule has 0 atom stereocenters. The SMILES string of the molecule is CN(C)CCN(C)CCNCC1CCCC1. The van der Waals surface area contributed by atoms with Crippen LogP contribution in [0.2, 0.25) is 0 Å². The second-order valence-corrected chi connectivity index (χ2v) is 5.46. The van der Waals surface area contributed by atoms with Crippen molar-refractivity contribution in [3.63, 3.8) is 0 Å². The Balaban J connectivity index is 1.89. The summed E-state index contributed by atoms with van der Waals surface area (Å²) in [5.41, 5.74) is 0. The lowest BCUT2D eigenvalue weighted by Crippen LogP contribution is -2.35. The Morgan fingerprint density at radius 3 is 2.31 bits per heavy atom. The normalized spacial score (nSPS) is 17.8. The molecular formula is C13H29N3. The molecule has 3 nitrogen and oxygen atoms in total. The summed E-state index contributed by atoms with van der Waals surface area (Å²) >= 11 is 0. The van der Waals surface area contributed by atoms with E-state index >= 15 is 0 Å². The third-order valence-electron chi connectivity index (χ3n) is 3.51. The molecule has 1 rings (SSSR count). The molecule has 1 aliphatic carbocycles. The Labute approximate surface area is 101 Å². The van der Waals surface area contributed by atoms with Crippen molar-refractivity contribution in [3.05, 3.63) is 0 Å². The lowest BCUT2D eigenvalue weighted by molar-refractivity contribution is 0.279. The van der Waals surface area contributed by atoms with Gasteiger partial charge in [0.2, 0.25) is 0 Å². The molecule has 0 aromatic carbocycles. The molecule has 0 unspecified atom stereocenters. The summed E-state index contributed by atoms with van der Waals surface area (Å²) in [5, 5.41) is 3.59. The van der Waals surface area contributed by atoms with Gasteiger partial charge in [0.15, 0.2) is 0 Å². The zero-order valence-corrected chi connectivity index (χ0v) is 11.3. The molecule has 0 heterocycles. The van der Waals surface area contributed by atoms with E-state index in [2.05, 4.69) is 36.3 Å². The zero-order valence-electron chi connectivity index (χ0n) is 11.3. The van der Waals surface area contributed by atoms with Crippen LogP contribution in [-0.2, 0) is 0 Å². The first-order valence-electron chi connectivity index (χ1n) is 6.72. The molecule has 0 aromatic heterocycles. The van der Waals surface area contributed by atoms with Gasteiger partial charge in [-0.25, -0.2) is 0 Å². The minimum Gasteiger partial charge on any atom is -0.315 e. The van der Waals surface area contributed by atoms with Gasteiger partial charge in [0.05, 0.1) is 0 Å². The summed E-state index contributed by atoms with van der Waals surface area (Å²) in [5.74, 6) is 0.965. The van der Waals surface area contributed by atoms with Crippen molar-refractivity contribution in [3.8, 4) is 0 Å². The number of nitrogens with one attached hydrogen (secondary N) is 1. The number of hydrogen-bond acceptors (Lipinski definition) is 3. The molecule has 0 aliphatic heterocycles. The van der Waals surface area contributed by atoms with Gasteiger partial charge in [0.25, 0.3) is 0 Å². The monoisotopic (exact) mass is 227 g/mol. The van der Waals surface area contributed by atoms with Gasteiger partial charge in [0.1, 0.15) is 0 Å². The molecule has 16 heavy (non-hydrogen) atoms. The molecule has 1 saturated carbocycles. The maximum Gasteiger partial charge on any atom is 0.0107 e. The van der Waals surface area contributed by atoms with E-state index in [1.165, 1.54) is 38.8 Å². The maximum atomic E-state index is 3.59. The summed E-state index contributed by atoms with van der Waals surface area (Å²) < 4.78 is 0. The van der Waals surface area contributed by atoms with Gasteiger partial charge in [-0.15, -0.1) is 0 Å². The lowest BCUT2D eigenvalue weighted by atomic mass is 10.1. The first-order chi connectivity index (χ1) is 7.68. The molecule has 96 valence electrons. The molecule has 0 saturated heterocycles. The van der Waals surface area contributed by atoms with E-state index in [9.17, 15) is 0 Å². The topological polar surface area (TPSA) is 18.5 Å². The highest BCUT2D eigenvalue weighted by atomic mass is 15.2. The van der Waals surface area contributed by atoms with E-state index in [0.717, 1.165) is 25.6 Å². The van der Waals surface area contributed by atoms with Crippen molar-refractivity contribution >= 4 is 0 Å². The molecule has 0 spiro atoms. The largest absolute Gasteiger partial charge is 0.315 e. The van der Waals surface area contributed by atoms with Crippen molar-refractivity contribution in [1.82, 2.24) is 15.1 Å². The van der Waals surface area contributed by atoms with Crippen LogP contribution in [0.4, 0.5) is 0 Å². The van der Waals surface area contributed by atoms with Gasteiger partial charge in [-0.3, -0.25) is 0 Å². The Morgan fingerprint density at radius 2 is 1.69 bits per heavy atom. The van der Waals surface area contributed by atoms with Crippen LogP contribution in [0.3, 0.4) is 0 Å².